The van der Waals surface area contributed by atoms with Crippen molar-refractivity contribution in [3.63, 3.8) is 0 Å². The third kappa shape index (κ3) is 18.1. The predicted molar refractivity (Wildman–Crippen MR) is 21.5 cm³/mol. The van der Waals surface area contributed by atoms with Crippen LogP contribution in [0.5, 0.6) is 0 Å². The van der Waals surface area contributed by atoms with Gasteiger partial charge in [0.05, 0.1) is 0 Å². The molecule has 0 amide bonds. The second-order valence-electron chi connectivity index (χ2n) is 0. The summed E-state index contributed by atoms with van der Waals surface area (Å²) in [6, 6.07) is 0. The van der Waals surface area contributed by atoms with Gasteiger partial charge in [-0.25, -0.2) is 0 Å². The van der Waals surface area contributed by atoms with Crippen molar-refractivity contribution in [1.29, 1.82) is 0 Å². The third-order valence-electron chi connectivity index (χ3n) is 0. The molecule has 0 fully saturated rings. The molecule has 28 valence electrons. The van der Waals surface area contributed by atoms with Crippen LogP contribution in [-0.4, -0.2) is 114 Å². The van der Waals surface area contributed by atoms with Crippen LogP contribution >= 0.6 is 0 Å². The van der Waals surface area contributed by atoms with Crippen molar-refractivity contribution in [3.05, 3.63) is 0 Å². The van der Waals surface area contributed by atoms with Crippen molar-refractivity contribution >= 4 is 103 Å². The summed E-state index contributed by atoms with van der Waals surface area (Å²) in [5.74, 6) is 0. The summed E-state index contributed by atoms with van der Waals surface area (Å²) in [6.45, 7) is 0. The zero-order valence-electron chi connectivity index (χ0n) is 1.35. The van der Waals surface area contributed by atoms with Gasteiger partial charge >= 0.3 is 103 Å². The number of hydrogen-bond donors (Lipinski definition) is 0. The summed E-state index contributed by atoms with van der Waals surface area (Å²) in [6.07, 6.45) is 0. The minimum Gasteiger partial charge on any atom is 0 e. The molecule has 0 rings (SSSR count). The molecule has 0 unspecified atom stereocenters. The SMILES string of the molecule is O.O.[KH].[KH].[Os]. The van der Waals surface area contributed by atoms with Crippen LogP contribution in [-0.2, 0) is 19.8 Å². The Kier molecular flexibility index (Phi) is 184. The topological polar surface area (TPSA) is 63.0 Å². The molecule has 0 aliphatic heterocycles. The summed E-state index contributed by atoms with van der Waals surface area (Å²) in [5.41, 5.74) is 0. The number of rotatable bonds is 0. The quantitative estimate of drug-likeness (QED) is 0.430. The maximum absolute atomic E-state index is 0. The zero-order chi connectivity index (χ0) is 0. The first-order valence-electron chi connectivity index (χ1n) is 0. The second-order valence-corrected chi connectivity index (χ2v) is 0. The summed E-state index contributed by atoms with van der Waals surface area (Å²) < 4.78 is 0. The number of hydrogen-bond acceptors (Lipinski definition) is 0. The van der Waals surface area contributed by atoms with Crippen LogP contribution in [0.1, 0.15) is 0 Å². The average molecular weight is 306 g/mol. The van der Waals surface area contributed by atoms with Gasteiger partial charge in [0.2, 0.25) is 0 Å². The van der Waals surface area contributed by atoms with Gasteiger partial charge in [0.25, 0.3) is 0 Å². The van der Waals surface area contributed by atoms with Crippen LogP contribution in [0.4, 0.5) is 0 Å². The molecule has 0 saturated heterocycles. The molecule has 5 heavy (non-hydrogen) atoms. The normalized spacial score (nSPS) is 0. The second kappa shape index (κ2) is 24.9. The molecule has 0 aromatic rings. The van der Waals surface area contributed by atoms with E-state index < -0.39 is 0 Å². The molecule has 0 aromatic heterocycles. The van der Waals surface area contributed by atoms with Gasteiger partial charge in [0, 0.05) is 19.8 Å². The first-order chi connectivity index (χ1) is 0. The van der Waals surface area contributed by atoms with E-state index in [0.29, 0.717) is 0 Å². The summed E-state index contributed by atoms with van der Waals surface area (Å²) in [4.78, 5) is 0. The monoisotopic (exact) mass is 308 g/mol. The van der Waals surface area contributed by atoms with Crippen molar-refractivity contribution < 1.29 is 30.7 Å². The van der Waals surface area contributed by atoms with Crippen molar-refractivity contribution in [2.45, 2.75) is 0 Å². The summed E-state index contributed by atoms with van der Waals surface area (Å²) in [7, 11) is 0. The minimum absolute atomic E-state index is 0. The van der Waals surface area contributed by atoms with Crippen LogP contribution in [0.25, 0.3) is 0 Å². The molecule has 5 heteroatoms. The fraction of sp³-hybridized carbons (Fsp3) is 0. The standard InChI is InChI=1S/2K.2H2O.Os.2H/h;;2*1H2;;;. The fourth-order valence-corrected chi connectivity index (χ4v) is 0. The minimum atomic E-state index is 0. The molecule has 0 heterocycles. The Balaban J connectivity index is 0. The van der Waals surface area contributed by atoms with E-state index >= 15 is 0 Å². The smallest absolute Gasteiger partial charge is 0 e. The van der Waals surface area contributed by atoms with Crippen molar-refractivity contribution in [2.75, 3.05) is 0 Å². The van der Waals surface area contributed by atoms with E-state index in [1.54, 1.807) is 0 Å². The van der Waals surface area contributed by atoms with Crippen molar-refractivity contribution in [3.8, 4) is 0 Å². The van der Waals surface area contributed by atoms with Crippen LogP contribution < -0.4 is 0 Å². The molecule has 0 saturated carbocycles. The van der Waals surface area contributed by atoms with E-state index in [1.165, 1.54) is 0 Å². The summed E-state index contributed by atoms with van der Waals surface area (Å²) >= 11 is 0. The van der Waals surface area contributed by atoms with E-state index in [0.717, 1.165) is 0 Å². The predicted octanol–water partition coefficient (Wildman–Crippen LogP) is -2.95. The van der Waals surface area contributed by atoms with E-state index in [-0.39, 0.29) is 134 Å². The molecule has 2 nitrogen and oxygen atoms in total. The van der Waals surface area contributed by atoms with E-state index in [2.05, 4.69) is 0 Å². The van der Waals surface area contributed by atoms with E-state index in [9.17, 15) is 0 Å². The molecule has 0 aliphatic rings. The summed E-state index contributed by atoms with van der Waals surface area (Å²) in [5, 5.41) is 0. The molecule has 4 N–H and O–H groups in total. The van der Waals surface area contributed by atoms with Gasteiger partial charge in [0.15, 0.2) is 0 Å². The van der Waals surface area contributed by atoms with Gasteiger partial charge in [-0.15, -0.1) is 0 Å². The van der Waals surface area contributed by atoms with Gasteiger partial charge in [-0.3, -0.25) is 0 Å². The van der Waals surface area contributed by atoms with Crippen molar-refractivity contribution in [1.82, 2.24) is 0 Å². The molecule has 0 aliphatic carbocycles. The van der Waals surface area contributed by atoms with Crippen molar-refractivity contribution in [2.24, 2.45) is 0 Å². The van der Waals surface area contributed by atoms with Gasteiger partial charge in [0.1, 0.15) is 0 Å². The Morgan fingerprint density at radius 2 is 0.600 bits per heavy atom. The molecule has 0 aromatic carbocycles. The largest absolute Gasteiger partial charge is 0 e. The van der Waals surface area contributed by atoms with Crippen LogP contribution in [0.15, 0.2) is 0 Å². The van der Waals surface area contributed by atoms with Crippen LogP contribution in [0, 0.1) is 0 Å². The fourth-order valence-electron chi connectivity index (χ4n) is 0. The van der Waals surface area contributed by atoms with Crippen LogP contribution in [0.2, 0.25) is 0 Å². The first kappa shape index (κ1) is 36.9. The molecular formula is H6K2O2Os. The average Bonchev–Trinajstić information content (AvgIpc) is 0. The van der Waals surface area contributed by atoms with E-state index in [1.807, 2.05) is 0 Å². The zero-order valence-corrected chi connectivity index (χ0v) is 3.89. The molecular weight excluding hydrogens is 300 g/mol. The first-order valence-corrected chi connectivity index (χ1v) is 0. The maximum atomic E-state index is 0. The van der Waals surface area contributed by atoms with Gasteiger partial charge in [-0.05, 0) is 0 Å². The Morgan fingerprint density at radius 1 is 0.600 bits per heavy atom. The van der Waals surface area contributed by atoms with Gasteiger partial charge in [-0.1, -0.05) is 0 Å². The Morgan fingerprint density at radius 3 is 0.600 bits per heavy atom. The Hall–Kier alpha value is 3.83. The molecule has 0 radical (unpaired) electrons. The third-order valence-corrected chi connectivity index (χ3v) is 0. The van der Waals surface area contributed by atoms with Gasteiger partial charge in [-0.2, -0.15) is 0 Å². The Bertz CT molecular complexity index is 7.61. The molecule has 0 spiro atoms. The van der Waals surface area contributed by atoms with Crippen LogP contribution in [0.3, 0.4) is 0 Å². The molecule has 0 atom stereocenters. The van der Waals surface area contributed by atoms with E-state index in [4.69, 9.17) is 0 Å². The van der Waals surface area contributed by atoms with Gasteiger partial charge < -0.3 is 11.0 Å². The maximum Gasteiger partial charge on any atom is 0 e. The Labute approximate surface area is 129 Å². The molecule has 0 bridgehead atoms.